The zero-order valence-corrected chi connectivity index (χ0v) is 17.0. The van der Waals surface area contributed by atoms with Crippen molar-refractivity contribution in [1.29, 1.82) is 0 Å². The van der Waals surface area contributed by atoms with Crippen LogP contribution in [0.2, 0.25) is 0 Å². The Morgan fingerprint density at radius 3 is 2.66 bits per heavy atom. The van der Waals surface area contributed by atoms with Gasteiger partial charge in [0, 0.05) is 29.0 Å². The third-order valence-electron chi connectivity index (χ3n) is 3.98. The molecule has 0 saturated carbocycles. The Kier molecular flexibility index (Phi) is 5.28. The number of benzene rings is 1. The third kappa shape index (κ3) is 4.44. The number of rotatable bonds is 7. The number of hydrogen-bond acceptors (Lipinski definition) is 7. The van der Waals surface area contributed by atoms with Crippen molar-refractivity contribution in [1.82, 2.24) is 19.5 Å². The van der Waals surface area contributed by atoms with Crippen LogP contribution in [0.5, 0.6) is 11.6 Å². The quantitative estimate of drug-likeness (QED) is 0.481. The monoisotopic (exact) mass is 427 g/mol. The summed E-state index contributed by atoms with van der Waals surface area (Å²) in [5.41, 5.74) is 0.450. The lowest BCUT2D eigenvalue weighted by atomic mass is 10.3. The van der Waals surface area contributed by atoms with Gasteiger partial charge in [0.15, 0.2) is 0 Å². The summed E-state index contributed by atoms with van der Waals surface area (Å²) in [5, 5.41) is 0. The fraction of sp³-hybridized carbons (Fsp3) is 0.105. The number of anilines is 1. The molecular formula is C19H17N5O3S2. The predicted octanol–water partition coefficient (Wildman–Crippen LogP) is 3.88. The van der Waals surface area contributed by atoms with E-state index in [1.165, 1.54) is 17.7 Å². The molecule has 4 rings (SSSR count). The van der Waals surface area contributed by atoms with E-state index < -0.39 is 10.0 Å². The molecule has 10 heteroatoms. The molecule has 0 radical (unpaired) electrons. The van der Waals surface area contributed by atoms with Gasteiger partial charge < -0.3 is 4.74 Å². The maximum absolute atomic E-state index is 12.5. The summed E-state index contributed by atoms with van der Waals surface area (Å²) in [7, 11) is -3.61. The van der Waals surface area contributed by atoms with Crippen LogP contribution >= 0.6 is 11.3 Å². The van der Waals surface area contributed by atoms with E-state index in [0.717, 1.165) is 11.3 Å². The minimum absolute atomic E-state index is 0.294. The van der Waals surface area contributed by atoms with E-state index in [9.17, 15) is 8.42 Å². The molecule has 8 nitrogen and oxygen atoms in total. The Hall–Kier alpha value is -3.24. The second-order valence-corrected chi connectivity index (χ2v) is 9.07. The summed E-state index contributed by atoms with van der Waals surface area (Å²) in [6, 6.07) is 11.7. The van der Waals surface area contributed by atoms with Crippen LogP contribution in [0, 0.1) is 0 Å². The Morgan fingerprint density at radius 2 is 1.97 bits per heavy atom. The Morgan fingerprint density at radius 1 is 1.14 bits per heavy atom. The van der Waals surface area contributed by atoms with Crippen LogP contribution in [0.25, 0.3) is 5.82 Å². The van der Waals surface area contributed by atoms with Crippen molar-refractivity contribution < 1.29 is 13.2 Å². The van der Waals surface area contributed by atoms with Gasteiger partial charge in [-0.3, -0.25) is 9.29 Å². The van der Waals surface area contributed by atoms with Crippen LogP contribution in [0.1, 0.15) is 11.8 Å². The topological polar surface area (TPSA) is 99.0 Å². The number of sulfonamides is 1. The van der Waals surface area contributed by atoms with Gasteiger partial charge in [-0.15, -0.1) is 11.3 Å². The van der Waals surface area contributed by atoms with E-state index >= 15 is 0 Å². The van der Waals surface area contributed by atoms with E-state index in [-0.39, 0.29) is 0 Å². The lowest BCUT2D eigenvalue weighted by Gasteiger charge is -2.09. The smallest absolute Gasteiger partial charge is 0.271 e. The molecule has 0 bridgehead atoms. The van der Waals surface area contributed by atoms with Gasteiger partial charge in [0.25, 0.3) is 10.0 Å². The average molecular weight is 428 g/mol. The lowest BCUT2D eigenvalue weighted by molar-refractivity contribution is 0.461. The minimum atomic E-state index is -3.61. The van der Waals surface area contributed by atoms with Crippen molar-refractivity contribution in [3.8, 4) is 17.4 Å². The molecule has 0 aliphatic heterocycles. The number of aryl methyl sites for hydroxylation is 1. The molecule has 3 aromatic heterocycles. The summed E-state index contributed by atoms with van der Waals surface area (Å²) < 4.78 is 35.4. The molecule has 0 amide bonds. The highest BCUT2D eigenvalue weighted by molar-refractivity contribution is 7.94. The van der Waals surface area contributed by atoms with Gasteiger partial charge in [-0.2, -0.15) is 0 Å². The predicted molar refractivity (Wildman–Crippen MR) is 110 cm³/mol. The summed E-state index contributed by atoms with van der Waals surface area (Å²) in [5.74, 6) is 1.51. The van der Waals surface area contributed by atoms with Crippen molar-refractivity contribution in [3.05, 3.63) is 72.4 Å². The second-order valence-electron chi connectivity index (χ2n) is 5.99. The van der Waals surface area contributed by atoms with Crippen LogP contribution in [-0.2, 0) is 16.4 Å². The Balaban J connectivity index is 1.46. The van der Waals surface area contributed by atoms with Crippen molar-refractivity contribution in [2.75, 3.05) is 4.72 Å². The number of hydrogen-bond donors (Lipinski definition) is 1. The fourth-order valence-electron chi connectivity index (χ4n) is 2.53. The molecule has 0 aliphatic rings. The van der Waals surface area contributed by atoms with E-state index in [1.807, 2.05) is 13.0 Å². The molecule has 0 fully saturated rings. The first-order chi connectivity index (χ1) is 14.0. The summed E-state index contributed by atoms with van der Waals surface area (Å²) in [4.78, 5) is 13.3. The minimum Gasteiger partial charge on any atom is -0.439 e. The van der Waals surface area contributed by atoms with Crippen LogP contribution in [0.15, 0.2) is 71.7 Å². The zero-order chi connectivity index (χ0) is 20.3. The van der Waals surface area contributed by atoms with Crippen LogP contribution in [0.3, 0.4) is 0 Å². The number of thiophene rings is 1. The maximum atomic E-state index is 12.5. The second kappa shape index (κ2) is 8.02. The molecule has 0 unspecified atom stereocenters. The van der Waals surface area contributed by atoms with Gasteiger partial charge in [-0.1, -0.05) is 6.92 Å². The fourth-order valence-corrected chi connectivity index (χ4v) is 4.89. The number of imidazole rings is 1. The zero-order valence-electron chi connectivity index (χ0n) is 15.4. The summed E-state index contributed by atoms with van der Waals surface area (Å²) in [6.07, 6.45) is 7.26. The maximum Gasteiger partial charge on any atom is 0.271 e. The van der Waals surface area contributed by atoms with Gasteiger partial charge in [0.1, 0.15) is 28.4 Å². The lowest BCUT2D eigenvalue weighted by Crippen LogP contribution is -2.11. The first kappa shape index (κ1) is 19.1. The highest BCUT2D eigenvalue weighted by Crippen LogP contribution is 2.26. The first-order valence-electron chi connectivity index (χ1n) is 8.73. The first-order valence-corrected chi connectivity index (χ1v) is 11.0. The van der Waals surface area contributed by atoms with E-state index in [1.54, 1.807) is 59.7 Å². The highest BCUT2D eigenvalue weighted by Gasteiger charge is 2.16. The molecule has 3 heterocycles. The van der Waals surface area contributed by atoms with Crippen molar-refractivity contribution >= 4 is 27.0 Å². The van der Waals surface area contributed by atoms with E-state index in [0.29, 0.717) is 27.3 Å². The van der Waals surface area contributed by atoms with Gasteiger partial charge in [0.05, 0.1) is 0 Å². The molecule has 0 aliphatic carbocycles. The van der Waals surface area contributed by atoms with Crippen molar-refractivity contribution in [2.24, 2.45) is 0 Å². The van der Waals surface area contributed by atoms with Crippen molar-refractivity contribution in [2.45, 2.75) is 17.6 Å². The molecule has 1 N–H and O–H groups in total. The standard InChI is InChI=1S/C19H17N5O3S2/c1-2-16-7-8-19(28-16)29(25,26)23-14-3-5-15(6-4-14)27-18-11-17(21-12-22-18)24-10-9-20-13-24/h3-13,23H,2H2,1H3. The SMILES string of the molecule is CCc1ccc(S(=O)(=O)Nc2ccc(Oc3cc(-n4ccnc4)ncn3)cc2)s1. The molecule has 0 spiro atoms. The average Bonchev–Trinajstić information content (AvgIpc) is 3.42. The summed E-state index contributed by atoms with van der Waals surface area (Å²) >= 11 is 1.27. The molecule has 1 aromatic carbocycles. The van der Waals surface area contributed by atoms with Crippen LogP contribution < -0.4 is 9.46 Å². The Labute approximate surface area is 171 Å². The molecule has 4 aromatic rings. The number of ether oxygens (including phenoxy) is 1. The Bertz CT molecular complexity index is 1200. The summed E-state index contributed by atoms with van der Waals surface area (Å²) in [6.45, 7) is 1.99. The molecule has 0 saturated heterocycles. The number of aromatic nitrogens is 4. The van der Waals surface area contributed by atoms with E-state index in [4.69, 9.17) is 4.74 Å². The van der Waals surface area contributed by atoms with Gasteiger partial charge in [-0.25, -0.2) is 23.4 Å². The van der Waals surface area contributed by atoms with Gasteiger partial charge in [-0.05, 0) is 42.8 Å². The van der Waals surface area contributed by atoms with E-state index in [2.05, 4.69) is 19.7 Å². The van der Waals surface area contributed by atoms with Gasteiger partial charge >= 0.3 is 0 Å². The molecule has 29 heavy (non-hydrogen) atoms. The molecule has 148 valence electrons. The number of nitrogens with one attached hydrogen (secondary N) is 1. The highest BCUT2D eigenvalue weighted by atomic mass is 32.2. The van der Waals surface area contributed by atoms with Crippen LogP contribution in [-0.4, -0.2) is 27.9 Å². The normalized spacial score (nSPS) is 11.3. The molecular weight excluding hydrogens is 410 g/mol. The van der Waals surface area contributed by atoms with Crippen molar-refractivity contribution in [3.63, 3.8) is 0 Å². The number of nitrogens with zero attached hydrogens (tertiary/aromatic N) is 4. The van der Waals surface area contributed by atoms with Gasteiger partial charge in [0.2, 0.25) is 5.88 Å². The van der Waals surface area contributed by atoms with Crippen LogP contribution in [0.4, 0.5) is 5.69 Å². The molecule has 0 atom stereocenters. The third-order valence-corrected chi connectivity index (χ3v) is 7.08. The largest absolute Gasteiger partial charge is 0.439 e.